The molecule has 2 aromatic heterocycles. The second-order valence-corrected chi connectivity index (χ2v) is 6.15. The number of thioether (sulfide) groups is 1. The van der Waals surface area contributed by atoms with E-state index in [0.29, 0.717) is 0 Å². The molecule has 0 aliphatic carbocycles. The van der Waals surface area contributed by atoms with Gasteiger partial charge in [-0.25, -0.2) is 15.0 Å². The molecule has 0 spiro atoms. The van der Waals surface area contributed by atoms with E-state index in [9.17, 15) is 0 Å². The lowest BCUT2D eigenvalue weighted by atomic mass is 10.3. The molecule has 0 amide bonds. The van der Waals surface area contributed by atoms with Gasteiger partial charge < -0.3 is 5.32 Å². The first kappa shape index (κ1) is 15.1. The first-order valence-corrected chi connectivity index (χ1v) is 8.45. The van der Waals surface area contributed by atoms with Crippen LogP contribution in [0, 0.1) is 13.8 Å². The predicted octanol–water partition coefficient (Wildman–Crippen LogP) is 3.79. The lowest BCUT2D eigenvalue weighted by Gasteiger charge is -2.08. The van der Waals surface area contributed by atoms with Crippen molar-refractivity contribution in [2.24, 2.45) is 0 Å². The number of anilines is 1. The Morgan fingerprint density at radius 2 is 1.80 bits per heavy atom. The normalized spacial score (nSPS) is 10.6. The molecule has 2 rings (SSSR count). The van der Waals surface area contributed by atoms with Crippen molar-refractivity contribution < 1.29 is 0 Å². The molecule has 0 bridgehead atoms. The fourth-order valence-corrected chi connectivity index (χ4v) is 3.17. The van der Waals surface area contributed by atoms with Crippen molar-refractivity contribution >= 4 is 29.3 Å². The number of hydrogen-bond donors (Lipinski definition) is 1. The van der Waals surface area contributed by atoms with Gasteiger partial charge in [0.05, 0.1) is 0 Å². The molecule has 0 aliphatic rings. The van der Waals surface area contributed by atoms with E-state index >= 15 is 0 Å². The van der Waals surface area contributed by atoms with Crippen LogP contribution in [0.3, 0.4) is 0 Å². The van der Waals surface area contributed by atoms with Gasteiger partial charge in [0, 0.05) is 18.3 Å². The maximum Gasteiger partial charge on any atom is 0.190 e. The predicted molar refractivity (Wildman–Crippen MR) is 85.8 cm³/mol. The first-order valence-electron chi connectivity index (χ1n) is 6.40. The SMILES string of the molecule is CCNc1cc(Sc2cc(C)cc(C)n2)nc(SC)n1. The van der Waals surface area contributed by atoms with Crippen LogP contribution in [0.4, 0.5) is 5.82 Å². The minimum Gasteiger partial charge on any atom is -0.370 e. The van der Waals surface area contributed by atoms with E-state index in [1.54, 1.807) is 23.5 Å². The molecule has 20 heavy (non-hydrogen) atoms. The van der Waals surface area contributed by atoms with Crippen molar-refractivity contribution in [1.29, 1.82) is 0 Å². The third-order valence-electron chi connectivity index (χ3n) is 2.51. The zero-order valence-electron chi connectivity index (χ0n) is 12.1. The topological polar surface area (TPSA) is 50.7 Å². The van der Waals surface area contributed by atoms with Gasteiger partial charge in [-0.2, -0.15) is 0 Å². The molecule has 2 aromatic rings. The Morgan fingerprint density at radius 3 is 2.45 bits per heavy atom. The van der Waals surface area contributed by atoms with Gasteiger partial charge in [0.25, 0.3) is 0 Å². The van der Waals surface area contributed by atoms with Gasteiger partial charge >= 0.3 is 0 Å². The summed E-state index contributed by atoms with van der Waals surface area (Å²) < 4.78 is 0. The van der Waals surface area contributed by atoms with Gasteiger partial charge in [-0.05, 0) is 56.5 Å². The molecule has 0 fully saturated rings. The van der Waals surface area contributed by atoms with E-state index in [0.717, 1.165) is 33.3 Å². The molecule has 0 saturated heterocycles. The fourth-order valence-electron chi connectivity index (χ4n) is 1.78. The molecular formula is C14H18N4S2. The van der Waals surface area contributed by atoms with Crippen LogP contribution in [0.2, 0.25) is 0 Å². The third-order valence-corrected chi connectivity index (χ3v) is 3.89. The minimum atomic E-state index is 0.773. The van der Waals surface area contributed by atoms with Crippen LogP contribution in [-0.4, -0.2) is 27.8 Å². The zero-order chi connectivity index (χ0) is 14.5. The number of aromatic nitrogens is 3. The molecule has 0 unspecified atom stereocenters. The largest absolute Gasteiger partial charge is 0.370 e. The van der Waals surface area contributed by atoms with Crippen LogP contribution in [0.1, 0.15) is 18.2 Å². The van der Waals surface area contributed by atoms with Gasteiger partial charge in [0.1, 0.15) is 15.9 Å². The highest BCUT2D eigenvalue weighted by molar-refractivity contribution is 7.99. The lowest BCUT2D eigenvalue weighted by Crippen LogP contribution is -2.01. The smallest absolute Gasteiger partial charge is 0.190 e. The van der Waals surface area contributed by atoms with Crippen LogP contribution in [-0.2, 0) is 0 Å². The van der Waals surface area contributed by atoms with Crippen molar-refractivity contribution in [3.05, 3.63) is 29.5 Å². The Labute approximate surface area is 128 Å². The summed E-state index contributed by atoms with van der Waals surface area (Å²) in [6, 6.07) is 6.11. The van der Waals surface area contributed by atoms with E-state index in [-0.39, 0.29) is 0 Å². The van der Waals surface area contributed by atoms with E-state index in [1.165, 1.54) is 5.56 Å². The highest BCUT2D eigenvalue weighted by Gasteiger charge is 2.07. The number of pyridine rings is 1. The van der Waals surface area contributed by atoms with Gasteiger partial charge in [-0.3, -0.25) is 0 Å². The average molecular weight is 306 g/mol. The maximum absolute atomic E-state index is 4.54. The average Bonchev–Trinajstić information content (AvgIpc) is 2.37. The monoisotopic (exact) mass is 306 g/mol. The summed E-state index contributed by atoms with van der Waals surface area (Å²) in [6.45, 7) is 6.99. The molecule has 0 aliphatic heterocycles. The molecule has 6 heteroatoms. The van der Waals surface area contributed by atoms with Gasteiger partial charge in [-0.1, -0.05) is 11.8 Å². The number of aryl methyl sites for hydroxylation is 2. The molecule has 0 radical (unpaired) electrons. The Bertz CT molecular complexity index is 581. The minimum absolute atomic E-state index is 0.773. The summed E-state index contributed by atoms with van der Waals surface area (Å²) in [5.41, 5.74) is 2.24. The van der Waals surface area contributed by atoms with Crippen molar-refractivity contribution in [3.8, 4) is 0 Å². The second-order valence-electron chi connectivity index (χ2n) is 4.33. The molecule has 4 nitrogen and oxygen atoms in total. The standard InChI is InChI=1S/C14H18N4S2/c1-5-15-11-8-13(18-14(17-11)19-4)20-12-7-9(2)6-10(3)16-12/h6-8H,5H2,1-4H3,(H,15,17,18). The van der Waals surface area contributed by atoms with E-state index in [1.807, 2.05) is 19.2 Å². The number of nitrogens with one attached hydrogen (secondary N) is 1. The van der Waals surface area contributed by atoms with Crippen LogP contribution >= 0.6 is 23.5 Å². The Hall–Kier alpha value is -1.27. The summed E-state index contributed by atoms with van der Waals surface area (Å²) in [5.74, 6) is 0.860. The van der Waals surface area contributed by atoms with Crippen LogP contribution in [0.15, 0.2) is 33.4 Å². The van der Waals surface area contributed by atoms with Crippen molar-refractivity contribution in [3.63, 3.8) is 0 Å². The maximum atomic E-state index is 4.54. The van der Waals surface area contributed by atoms with Gasteiger partial charge in [0.2, 0.25) is 0 Å². The highest BCUT2D eigenvalue weighted by atomic mass is 32.2. The lowest BCUT2D eigenvalue weighted by molar-refractivity contribution is 0.889. The Morgan fingerprint density at radius 1 is 1.05 bits per heavy atom. The molecule has 0 aromatic carbocycles. The van der Waals surface area contributed by atoms with Crippen LogP contribution in [0.5, 0.6) is 0 Å². The van der Waals surface area contributed by atoms with Crippen LogP contribution in [0.25, 0.3) is 0 Å². The second kappa shape index (κ2) is 6.95. The molecule has 1 N–H and O–H groups in total. The Balaban J connectivity index is 2.29. The highest BCUT2D eigenvalue weighted by Crippen LogP contribution is 2.28. The van der Waals surface area contributed by atoms with E-state index in [4.69, 9.17) is 0 Å². The summed E-state index contributed by atoms with van der Waals surface area (Å²) in [5, 5.41) is 5.89. The molecular weight excluding hydrogens is 288 g/mol. The summed E-state index contributed by atoms with van der Waals surface area (Å²) >= 11 is 3.11. The summed E-state index contributed by atoms with van der Waals surface area (Å²) in [4.78, 5) is 13.5. The molecule has 106 valence electrons. The van der Waals surface area contributed by atoms with E-state index < -0.39 is 0 Å². The quantitative estimate of drug-likeness (QED) is 0.515. The third kappa shape index (κ3) is 4.11. The van der Waals surface area contributed by atoms with Crippen molar-refractivity contribution in [2.45, 2.75) is 36.0 Å². The first-order chi connectivity index (χ1) is 9.60. The molecule has 2 heterocycles. The number of hydrogen-bond acceptors (Lipinski definition) is 6. The summed E-state index contributed by atoms with van der Waals surface area (Å²) in [7, 11) is 0. The number of nitrogens with zero attached hydrogens (tertiary/aromatic N) is 3. The Kier molecular flexibility index (Phi) is 5.25. The van der Waals surface area contributed by atoms with Crippen molar-refractivity contribution in [1.82, 2.24) is 15.0 Å². The molecule has 0 saturated carbocycles. The zero-order valence-corrected chi connectivity index (χ0v) is 13.7. The van der Waals surface area contributed by atoms with Crippen molar-refractivity contribution in [2.75, 3.05) is 18.1 Å². The molecule has 0 atom stereocenters. The number of rotatable bonds is 5. The van der Waals surface area contributed by atoms with Gasteiger partial charge in [0.15, 0.2) is 5.16 Å². The van der Waals surface area contributed by atoms with E-state index in [2.05, 4.69) is 46.2 Å². The van der Waals surface area contributed by atoms with Crippen LogP contribution < -0.4 is 5.32 Å². The van der Waals surface area contributed by atoms with Gasteiger partial charge in [-0.15, -0.1) is 0 Å². The fraction of sp³-hybridized carbons (Fsp3) is 0.357. The summed E-state index contributed by atoms with van der Waals surface area (Å²) in [6.07, 6.45) is 1.98.